The summed E-state index contributed by atoms with van der Waals surface area (Å²) in [6, 6.07) is 0. The number of ether oxygens (including phenoxy) is 3. The summed E-state index contributed by atoms with van der Waals surface area (Å²) in [5.74, 6) is -1.08. The van der Waals surface area contributed by atoms with Crippen LogP contribution in [0.5, 0.6) is 5.75 Å². The van der Waals surface area contributed by atoms with Gasteiger partial charge in [-0.25, -0.2) is 9.59 Å². The van der Waals surface area contributed by atoms with E-state index < -0.39 is 11.9 Å². The quantitative estimate of drug-likeness (QED) is 0.744. The normalized spacial score (nSPS) is 9.53. The summed E-state index contributed by atoms with van der Waals surface area (Å²) in [6.07, 6.45) is 1.33. The highest BCUT2D eigenvalue weighted by Crippen LogP contribution is 2.24. The van der Waals surface area contributed by atoms with Gasteiger partial charge in [0.1, 0.15) is 5.56 Å². The zero-order chi connectivity index (χ0) is 11.4. The maximum Gasteiger partial charge on any atom is 0.358 e. The molecule has 0 saturated heterocycles. The van der Waals surface area contributed by atoms with Crippen molar-refractivity contribution in [3.63, 3.8) is 0 Å². The first-order valence-electron chi connectivity index (χ1n) is 4.07. The molecule has 0 atom stereocenters. The van der Waals surface area contributed by atoms with E-state index in [1.165, 1.54) is 27.5 Å². The molecule has 0 radical (unpaired) electrons. The highest BCUT2D eigenvalue weighted by atomic mass is 16.5. The van der Waals surface area contributed by atoms with Crippen LogP contribution in [-0.2, 0) is 9.47 Å². The van der Waals surface area contributed by atoms with Crippen LogP contribution in [0.4, 0.5) is 0 Å². The summed E-state index contributed by atoms with van der Waals surface area (Å²) in [4.78, 5) is 25.1. The van der Waals surface area contributed by atoms with Crippen molar-refractivity contribution in [2.45, 2.75) is 0 Å². The predicted molar refractivity (Wildman–Crippen MR) is 50.0 cm³/mol. The molecule has 0 aromatic carbocycles. The Morgan fingerprint density at radius 2 is 1.73 bits per heavy atom. The fourth-order valence-electron chi connectivity index (χ4n) is 1.14. The third-order valence-electron chi connectivity index (χ3n) is 1.83. The minimum Gasteiger partial charge on any atom is -0.493 e. The molecule has 15 heavy (non-hydrogen) atoms. The molecule has 0 aliphatic rings. The van der Waals surface area contributed by atoms with E-state index in [-0.39, 0.29) is 17.0 Å². The maximum atomic E-state index is 11.2. The predicted octanol–water partition coefficient (Wildman–Crippen LogP) is 0.596. The van der Waals surface area contributed by atoms with Crippen molar-refractivity contribution < 1.29 is 23.8 Å². The summed E-state index contributed by atoms with van der Waals surface area (Å²) in [7, 11) is 3.83. The van der Waals surface area contributed by atoms with Crippen molar-refractivity contribution in [2.24, 2.45) is 0 Å². The van der Waals surface area contributed by atoms with E-state index in [4.69, 9.17) is 4.74 Å². The second-order valence-electron chi connectivity index (χ2n) is 2.59. The lowest BCUT2D eigenvalue weighted by molar-refractivity contribution is 0.0591. The molecule has 0 unspecified atom stereocenters. The second-order valence-corrected chi connectivity index (χ2v) is 2.59. The average molecular weight is 213 g/mol. The molecule has 1 aromatic rings. The fraction of sp³-hybridized carbons (Fsp3) is 0.333. The van der Waals surface area contributed by atoms with Gasteiger partial charge in [0, 0.05) is 6.20 Å². The number of nitrogens with one attached hydrogen (secondary N) is 1. The minimum atomic E-state index is -0.609. The zero-order valence-electron chi connectivity index (χ0n) is 8.62. The maximum absolute atomic E-state index is 11.2. The second kappa shape index (κ2) is 4.50. The van der Waals surface area contributed by atoms with Gasteiger partial charge in [-0.05, 0) is 0 Å². The van der Waals surface area contributed by atoms with Gasteiger partial charge in [-0.1, -0.05) is 0 Å². The molecule has 1 aromatic heterocycles. The molecule has 1 N–H and O–H groups in total. The number of H-pyrrole nitrogens is 1. The molecule has 82 valence electrons. The molecule has 6 heteroatoms. The fourth-order valence-corrected chi connectivity index (χ4v) is 1.14. The van der Waals surface area contributed by atoms with Crippen molar-refractivity contribution in [3.05, 3.63) is 17.5 Å². The van der Waals surface area contributed by atoms with E-state index in [1.54, 1.807) is 0 Å². The number of carbonyl (C=O) groups excluding carboxylic acids is 2. The molecule has 0 fully saturated rings. The lowest BCUT2D eigenvalue weighted by Crippen LogP contribution is -2.06. The molecular weight excluding hydrogens is 202 g/mol. The Morgan fingerprint density at radius 1 is 1.13 bits per heavy atom. The molecule has 0 saturated carbocycles. The summed E-state index contributed by atoms with van der Waals surface area (Å²) >= 11 is 0. The van der Waals surface area contributed by atoms with Gasteiger partial charge in [-0.2, -0.15) is 0 Å². The van der Waals surface area contributed by atoms with Gasteiger partial charge in [-0.3, -0.25) is 0 Å². The van der Waals surface area contributed by atoms with Crippen LogP contribution >= 0.6 is 0 Å². The van der Waals surface area contributed by atoms with Crippen molar-refractivity contribution in [1.29, 1.82) is 0 Å². The molecule has 0 amide bonds. The van der Waals surface area contributed by atoms with Crippen LogP contribution in [-0.4, -0.2) is 38.3 Å². The van der Waals surface area contributed by atoms with E-state index in [0.717, 1.165) is 0 Å². The number of aromatic amines is 1. The number of hydrogen-bond donors (Lipinski definition) is 1. The molecule has 1 rings (SSSR count). The Morgan fingerprint density at radius 3 is 2.20 bits per heavy atom. The lowest BCUT2D eigenvalue weighted by atomic mass is 10.3. The third-order valence-corrected chi connectivity index (χ3v) is 1.83. The van der Waals surface area contributed by atoms with Gasteiger partial charge in [-0.15, -0.1) is 0 Å². The Balaban J connectivity index is 3.16. The molecular formula is C9H11NO5. The van der Waals surface area contributed by atoms with Crippen LogP contribution in [0, 0.1) is 0 Å². The van der Waals surface area contributed by atoms with Crippen LogP contribution < -0.4 is 4.74 Å². The van der Waals surface area contributed by atoms with Gasteiger partial charge >= 0.3 is 11.9 Å². The van der Waals surface area contributed by atoms with Crippen LogP contribution in [0.1, 0.15) is 20.8 Å². The Labute approximate surface area is 86.1 Å². The molecule has 6 nitrogen and oxygen atoms in total. The number of carbonyl (C=O) groups is 2. The first-order valence-corrected chi connectivity index (χ1v) is 4.07. The largest absolute Gasteiger partial charge is 0.493 e. The molecule has 0 spiro atoms. The van der Waals surface area contributed by atoms with Gasteiger partial charge in [0.2, 0.25) is 0 Å². The third kappa shape index (κ3) is 1.93. The molecule has 0 bridgehead atoms. The Kier molecular flexibility index (Phi) is 3.33. The standard InChI is InChI=1S/C9H11NO5/c1-13-7-5(8(11)14-2)4-10-6(7)9(12)15-3/h4,10H,1-3H3. The average Bonchev–Trinajstić information content (AvgIpc) is 2.70. The summed E-state index contributed by atoms with van der Waals surface area (Å²) in [5, 5.41) is 0. The number of esters is 2. The van der Waals surface area contributed by atoms with Gasteiger partial charge in [0.25, 0.3) is 0 Å². The van der Waals surface area contributed by atoms with Gasteiger partial charge < -0.3 is 19.2 Å². The van der Waals surface area contributed by atoms with Crippen molar-refractivity contribution in [3.8, 4) is 5.75 Å². The SMILES string of the molecule is COC(=O)c1c[nH]c(C(=O)OC)c1OC. The highest BCUT2D eigenvalue weighted by molar-refractivity contribution is 5.99. The smallest absolute Gasteiger partial charge is 0.358 e. The Hall–Kier alpha value is -1.98. The zero-order valence-corrected chi connectivity index (χ0v) is 8.62. The summed E-state index contributed by atoms with van der Waals surface area (Å²) < 4.78 is 13.9. The van der Waals surface area contributed by atoms with E-state index in [1.807, 2.05) is 0 Å². The first kappa shape index (κ1) is 11.1. The van der Waals surface area contributed by atoms with Crippen molar-refractivity contribution >= 4 is 11.9 Å². The number of methoxy groups -OCH3 is 3. The van der Waals surface area contributed by atoms with Crippen LogP contribution in [0.2, 0.25) is 0 Å². The monoisotopic (exact) mass is 213 g/mol. The van der Waals surface area contributed by atoms with E-state index >= 15 is 0 Å². The molecule has 0 aliphatic carbocycles. The highest BCUT2D eigenvalue weighted by Gasteiger charge is 2.23. The van der Waals surface area contributed by atoms with Crippen molar-refractivity contribution in [1.82, 2.24) is 4.98 Å². The van der Waals surface area contributed by atoms with Crippen LogP contribution in [0.15, 0.2) is 6.20 Å². The summed E-state index contributed by atoms with van der Waals surface area (Å²) in [5.41, 5.74) is 0.237. The summed E-state index contributed by atoms with van der Waals surface area (Å²) in [6.45, 7) is 0. The number of aromatic nitrogens is 1. The van der Waals surface area contributed by atoms with E-state index in [2.05, 4.69) is 14.5 Å². The van der Waals surface area contributed by atoms with Gasteiger partial charge in [0.15, 0.2) is 11.4 Å². The molecule has 1 heterocycles. The topological polar surface area (TPSA) is 77.6 Å². The number of rotatable bonds is 3. The first-order chi connectivity index (χ1) is 7.15. The van der Waals surface area contributed by atoms with E-state index in [9.17, 15) is 9.59 Å². The van der Waals surface area contributed by atoms with E-state index in [0.29, 0.717) is 0 Å². The lowest BCUT2D eigenvalue weighted by Gasteiger charge is -2.03. The van der Waals surface area contributed by atoms with Gasteiger partial charge in [0.05, 0.1) is 21.3 Å². The van der Waals surface area contributed by atoms with Crippen LogP contribution in [0.25, 0.3) is 0 Å². The molecule has 0 aliphatic heterocycles. The number of hydrogen-bond acceptors (Lipinski definition) is 5. The van der Waals surface area contributed by atoms with Crippen molar-refractivity contribution in [2.75, 3.05) is 21.3 Å². The minimum absolute atomic E-state index is 0.0837. The van der Waals surface area contributed by atoms with Crippen LogP contribution in [0.3, 0.4) is 0 Å². The Bertz CT molecular complexity index is 348.